The molecule has 1 aliphatic rings. The first-order chi connectivity index (χ1) is 16.6. The minimum absolute atomic E-state index is 0.152. The summed E-state index contributed by atoms with van der Waals surface area (Å²) < 4.78 is 37.7. The number of rotatable bonds is 7. The molecular formula is C25H24BrN3O5S. The molecule has 8 nitrogen and oxygen atoms in total. The van der Waals surface area contributed by atoms with Crippen molar-refractivity contribution >= 4 is 43.8 Å². The van der Waals surface area contributed by atoms with Crippen LogP contribution >= 0.6 is 15.9 Å². The molecule has 0 bridgehead atoms. The number of benzene rings is 3. The van der Waals surface area contributed by atoms with Crippen LogP contribution in [-0.2, 0) is 16.6 Å². The third-order valence-electron chi connectivity index (χ3n) is 5.58. The Morgan fingerprint density at radius 1 is 1.06 bits per heavy atom. The smallest absolute Gasteiger partial charge is 0.271 e. The highest BCUT2D eigenvalue weighted by Crippen LogP contribution is 2.36. The van der Waals surface area contributed by atoms with Crippen molar-refractivity contribution in [2.75, 3.05) is 17.4 Å². The quantitative estimate of drug-likeness (QED) is 0.340. The average Bonchev–Trinajstić information content (AvgIpc) is 3.26. The summed E-state index contributed by atoms with van der Waals surface area (Å²) in [5.41, 5.74) is 7.06. The highest BCUT2D eigenvalue weighted by Gasteiger charge is 2.19. The number of nitrogens with one attached hydrogen (secondary N) is 1. The van der Waals surface area contributed by atoms with E-state index >= 15 is 0 Å². The molecule has 1 amide bonds. The number of carbonyl (C=O) groups excluding carboxylic acids is 1. The molecule has 3 aromatic carbocycles. The number of ether oxygens (including phenoxy) is 2. The first-order valence-corrected chi connectivity index (χ1v) is 13.3. The Morgan fingerprint density at radius 2 is 1.74 bits per heavy atom. The topological polar surface area (TPSA) is 97.3 Å². The fourth-order valence-corrected chi connectivity index (χ4v) is 4.77. The van der Waals surface area contributed by atoms with E-state index in [1.807, 2.05) is 26.0 Å². The number of nitrogens with zero attached hydrogens (tertiary/aromatic N) is 2. The minimum atomic E-state index is -3.50. The van der Waals surface area contributed by atoms with Crippen molar-refractivity contribution in [3.63, 3.8) is 0 Å². The van der Waals surface area contributed by atoms with E-state index in [2.05, 4.69) is 26.5 Å². The van der Waals surface area contributed by atoms with Crippen LogP contribution in [0.3, 0.4) is 0 Å². The number of fused-ring (bicyclic) bond motifs is 1. The van der Waals surface area contributed by atoms with E-state index in [-0.39, 0.29) is 13.3 Å². The molecule has 1 heterocycles. The molecule has 0 fully saturated rings. The first-order valence-electron chi connectivity index (χ1n) is 10.7. The van der Waals surface area contributed by atoms with Crippen LogP contribution in [0.2, 0.25) is 0 Å². The number of aryl methyl sites for hydroxylation is 2. The van der Waals surface area contributed by atoms with Crippen molar-refractivity contribution < 1.29 is 22.7 Å². The Hall–Kier alpha value is -3.37. The zero-order valence-corrected chi connectivity index (χ0v) is 21.8. The second kappa shape index (κ2) is 10.1. The number of hydrogen-bond donors (Lipinski definition) is 1. The number of anilines is 1. The van der Waals surface area contributed by atoms with Gasteiger partial charge in [0.25, 0.3) is 5.91 Å². The molecule has 0 aromatic heterocycles. The van der Waals surface area contributed by atoms with E-state index in [1.54, 1.807) is 42.5 Å². The van der Waals surface area contributed by atoms with Gasteiger partial charge in [-0.15, -0.1) is 0 Å². The van der Waals surface area contributed by atoms with E-state index in [1.165, 1.54) is 16.8 Å². The van der Waals surface area contributed by atoms with Gasteiger partial charge in [-0.1, -0.05) is 18.2 Å². The van der Waals surface area contributed by atoms with Crippen LogP contribution in [0.1, 0.15) is 32.6 Å². The Bertz CT molecular complexity index is 1410. The van der Waals surface area contributed by atoms with Gasteiger partial charge in [-0.3, -0.25) is 9.10 Å². The molecular weight excluding hydrogens is 534 g/mol. The fourth-order valence-electron chi connectivity index (χ4n) is 3.46. The standard InChI is InChI=1S/C25H24BrN3O5S/c1-16-4-9-21(10-17(16)2)29(35(3,31)32)14-18-5-7-19(8-6-18)25(30)28-27-13-20-11-23-24(12-22(20)26)34-15-33-23/h4-13H,14-15H2,1-3H3,(H,28,30)/b27-13-. The Labute approximate surface area is 212 Å². The molecule has 182 valence electrons. The molecule has 0 saturated heterocycles. The van der Waals surface area contributed by atoms with E-state index in [9.17, 15) is 13.2 Å². The second-order valence-electron chi connectivity index (χ2n) is 8.16. The number of amides is 1. The van der Waals surface area contributed by atoms with Crippen LogP contribution in [0.5, 0.6) is 11.5 Å². The highest BCUT2D eigenvalue weighted by atomic mass is 79.9. The van der Waals surface area contributed by atoms with Crippen molar-refractivity contribution in [1.82, 2.24) is 5.43 Å². The number of hydrazone groups is 1. The first kappa shape index (κ1) is 24.7. The fraction of sp³-hybridized carbons (Fsp3) is 0.200. The van der Waals surface area contributed by atoms with Crippen LogP contribution in [0.15, 0.2) is 64.2 Å². The summed E-state index contributed by atoms with van der Waals surface area (Å²) in [5.74, 6) is 0.865. The molecule has 35 heavy (non-hydrogen) atoms. The van der Waals surface area contributed by atoms with Gasteiger partial charge >= 0.3 is 0 Å². The summed E-state index contributed by atoms with van der Waals surface area (Å²) in [4.78, 5) is 12.5. The minimum Gasteiger partial charge on any atom is -0.454 e. The van der Waals surface area contributed by atoms with E-state index in [0.717, 1.165) is 26.7 Å². The van der Waals surface area contributed by atoms with Gasteiger partial charge < -0.3 is 9.47 Å². The summed E-state index contributed by atoms with van der Waals surface area (Å²) in [6.45, 7) is 4.24. The Morgan fingerprint density at radius 3 is 2.40 bits per heavy atom. The normalized spacial score (nSPS) is 12.7. The summed E-state index contributed by atoms with van der Waals surface area (Å²) >= 11 is 3.44. The van der Waals surface area contributed by atoms with E-state index < -0.39 is 15.9 Å². The van der Waals surface area contributed by atoms with Crippen LogP contribution in [0, 0.1) is 13.8 Å². The maximum atomic E-state index is 12.5. The van der Waals surface area contributed by atoms with Crippen molar-refractivity contribution in [3.8, 4) is 11.5 Å². The summed E-state index contributed by atoms with van der Waals surface area (Å²) in [7, 11) is -3.50. The third-order valence-corrected chi connectivity index (χ3v) is 7.41. The Balaban J connectivity index is 1.43. The predicted octanol–water partition coefficient (Wildman–Crippen LogP) is 4.52. The molecule has 1 aliphatic heterocycles. The van der Waals surface area contributed by atoms with Crippen molar-refractivity contribution in [1.29, 1.82) is 0 Å². The van der Waals surface area contributed by atoms with Gasteiger partial charge in [0.15, 0.2) is 11.5 Å². The molecule has 0 unspecified atom stereocenters. The zero-order chi connectivity index (χ0) is 25.2. The molecule has 1 N–H and O–H groups in total. The lowest BCUT2D eigenvalue weighted by Gasteiger charge is -2.23. The van der Waals surface area contributed by atoms with Crippen molar-refractivity contribution in [2.24, 2.45) is 5.10 Å². The zero-order valence-electron chi connectivity index (χ0n) is 19.4. The van der Waals surface area contributed by atoms with Crippen LogP contribution in [0.4, 0.5) is 5.69 Å². The number of carbonyl (C=O) groups is 1. The molecule has 0 saturated carbocycles. The summed E-state index contributed by atoms with van der Waals surface area (Å²) in [5, 5.41) is 4.02. The molecule has 0 aliphatic carbocycles. The maximum absolute atomic E-state index is 12.5. The van der Waals surface area contributed by atoms with Crippen molar-refractivity contribution in [2.45, 2.75) is 20.4 Å². The lowest BCUT2D eigenvalue weighted by atomic mass is 10.1. The molecule has 4 rings (SSSR count). The monoisotopic (exact) mass is 557 g/mol. The molecule has 0 spiro atoms. The lowest BCUT2D eigenvalue weighted by Crippen LogP contribution is -2.29. The van der Waals surface area contributed by atoms with Gasteiger partial charge in [0, 0.05) is 15.6 Å². The van der Waals surface area contributed by atoms with Crippen LogP contribution in [-0.4, -0.2) is 33.6 Å². The van der Waals surface area contributed by atoms with Gasteiger partial charge in [0.1, 0.15) is 0 Å². The molecule has 0 radical (unpaired) electrons. The number of halogens is 1. The van der Waals surface area contributed by atoms with E-state index in [4.69, 9.17) is 9.47 Å². The number of hydrogen-bond acceptors (Lipinski definition) is 6. The van der Waals surface area contributed by atoms with Gasteiger partial charge in [-0.2, -0.15) is 5.10 Å². The molecule has 3 aromatic rings. The van der Waals surface area contributed by atoms with Crippen LogP contribution < -0.4 is 19.2 Å². The second-order valence-corrected chi connectivity index (χ2v) is 10.9. The summed E-state index contributed by atoms with van der Waals surface area (Å²) in [6.07, 6.45) is 2.69. The van der Waals surface area contributed by atoms with Crippen LogP contribution in [0.25, 0.3) is 0 Å². The van der Waals surface area contributed by atoms with Gasteiger partial charge in [0.2, 0.25) is 16.8 Å². The SMILES string of the molecule is Cc1ccc(N(Cc2ccc(C(=O)N/N=C\c3cc4c(cc3Br)OCO4)cc2)S(C)(=O)=O)cc1C. The largest absolute Gasteiger partial charge is 0.454 e. The van der Waals surface area contributed by atoms with E-state index in [0.29, 0.717) is 22.7 Å². The average molecular weight is 558 g/mol. The predicted molar refractivity (Wildman–Crippen MR) is 139 cm³/mol. The lowest BCUT2D eigenvalue weighted by molar-refractivity contribution is 0.0955. The van der Waals surface area contributed by atoms with Gasteiger partial charge in [0.05, 0.1) is 24.7 Å². The molecule has 0 atom stereocenters. The maximum Gasteiger partial charge on any atom is 0.271 e. The number of sulfonamides is 1. The molecule has 10 heteroatoms. The summed E-state index contributed by atoms with van der Waals surface area (Å²) in [6, 6.07) is 15.8. The van der Waals surface area contributed by atoms with Crippen molar-refractivity contribution in [3.05, 3.63) is 86.9 Å². The Kier molecular flexibility index (Phi) is 7.13. The van der Waals surface area contributed by atoms with Gasteiger partial charge in [-0.25, -0.2) is 13.8 Å². The van der Waals surface area contributed by atoms with Gasteiger partial charge in [-0.05, 0) is 82.9 Å². The highest BCUT2D eigenvalue weighted by molar-refractivity contribution is 9.10. The third kappa shape index (κ3) is 5.83.